The van der Waals surface area contributed by atoms with Gasteiger partial charge in [-0.25, -0.2) is 9.97 Å². The van der Waals surface area contributed by atoms with Gasteiger partial charge in [0.1, 0.15) is 12.1 Å². The van der Waals surface area contributed by atoms with Crippen molar-refractivity contribution < 1.29 is 4.74 Å². The molecule has 4 heteroatoms. The van der Waals surface area contributed by atoms with E-state index in [-0.39, 0.29) is 0 Å². The number of aromatic nitrogens is 2. The highest BCUT2D eigenvalue weighted by atomic mass is 16.5. The molecule has 1 aromatic rings. The second-order valence-electron chi connectivity index (χ2n) is 5.03. The summed E-state index contributed by atoms with van der Waals surface area (Å²) in [4.78, 5) is 8.55. The molecule has 1 saturated heterocycles. The van der Waals surface area contributed by atoms with Crippen LogP contribution in [0, 0.1) is 0 Å². The summed E-state index contributed by atoms with van der Waals surface area (Å²) in [7, 11) is 0. The lowest BCUT2D eigenvalue weighted by Gasteiger charge is -2.28. The molecule has 0 radical (unpaired) electrons. The molecule has 1 aliphatic rings. The smallest absolute Gasteiger partial charge is 0.129 e. The molecule has 1 aliphatic heterocycles. The predicted molar refractivity (Wildman–Crippen MR) is 68.2 cm³/mol. The summed E-state index contributed by atoms with van der Waals surface area (Å²) in [6.45, 7) is 7.24. The maximum absolute atomic E-state index is 5.53. The standard InChI is InChI=1S/C13H21N3O/c1-9(2)12-7-13(15-8-14-12)16-11-4-5-17-10(3)6-11/h7-11H,4-6H2,1-3H3,(H,14,15,16). The molecule has 0 saturated carbocycles. The molecule has 2 heterocycles. The maximum atomic E-state index is 5.53. The Hall–Kier alpha value is -1.16. The molecule has 17 heavy (non-hydrogen) atoms. The van der Waals surface area contributed by atoms with E-state index in [0.29, 0.717) is 18.1 Å². The highest BCUT2D eigenvalue weighted by Crippen LogP contribution is 2.19. The van der Waals surface area contributed by atoms with Gasteiger partial charge in [0.2, 0.25) is 0 Å². The first-order valence-corrected chi connectivity index (χ1v) is 6.35. The van der Waals surface area contributed by atoms with Crippen LogP contribution in [0.2, 0.25) is 0 Å². The molecule has 2 unspecified atom stereocenters. The third-order valence-electron chi connectivity index (χ3n) is 3.12. The third-order valence-corrected chi connectivity index (χ3v) is 3.12. The van der Waals surface area contributed by atoms with Crippen LogP contribution in [0.25, 0.3) is 0 Å². The normalized spacial score (nSPS) is 24.9. The van der Waals surface area contributed by atoms with Gasteiger partial charge in [-0.15, -0.1) is 0 Å². The van der Waals surface area contributed by atoms with Crippen molar-refractivity contribution in [3.05, 3.63) is 18.1 Å². The van der Waals surface area contributed by atoms with Crippen molar-refractivity contribution in [2.45, 2.75) is 51.7 Å². The van der Waals surface area contributed by atoms with Gasteiger partial charge in [0.25, 0.3) is 0 Å². The fourth-order valence-corrected chi connectivity index (χ4v) is 2.11. The SMILES string of the molecule is CC1CC(Nc2cc(C(C)C)ncn2)CCO1. The number of hydrogen-bond acceptors (Lipinski definition) is 4. The average molecular weight is 235 g/mol. The summed E-state index contributed by atoms with van der Waals surface area (Å²) in [5, 5.41) is 3.48. The van der Waals surface area contributed by atoms with Crippen molar-refractivity contribution in [3.8, 4) is 0 Å². The van der Waals surface area contributed by atoms with Crippen LogP contribution >= 0.6 is 0 Å². The summed E-state index contributed by atoms with van der Waals surface area (Å²) in [6, 6.07) is 2.51. The Morgan fingerprint density at radius 2 is 2.24 bits per heavy atom. The van der Waals surface area contributed by atoms with Crippen LogP contribution < -0.4 is 5.32 Å². The van der Waals surface area contributed by atoms with E-state index in [1.807, 2.05) is 6.07 Å². The van der Waals surface area contributed by atoms with E-state index in [2.05, 4.69) is 36.1 Å². The molecule has 94 valence electrons. The van der Waals surface area contributed by atoms with Gasteiger partial charge in [0, 0.05) is 24.4 Å². The van der Waals surface area contributed by atoms with Gasteiger partial charge in [-0.3, -0.25) is 0 Å². The van der Waals surface area contributed by atoms with E-state index in [1.54, 1.807) is 6.33 Å². The Morgan fingerprint density at radius 3 is 2.94 bits per heavy atom. The zero-order chi connectivity index (χ0) is 12.3. The van der Waals surface area contributed by atoms with E-state index in [0.717, 1.165) is 31.0 Å². The molecule has 0 spiro atoms. The second-order valence-corrected chi connectivity index (χ2v) is 5.03. The predicted octanol–water partition coefficient (Wildman–Crippen LogP) is 2.58. The molecule has 4 nitrogen and oxygen atoms in total. The lowest BCUT2D eigenvalue weighted by atomic mass is 10.0. The number of hydrogen-bond donors (Lipinski definition) is 1. The maximum Gasteiger partial charge on any atom is 0.129 e. The van der Waals surface area contributed by atoms with Crippen LogP contribution in [-0.2, 0) is 4.74 Å². The number of nitrogens with one attached hydrogen (secondary N) is 1. The molecule has 2 rings (SSSR count). The Balaban J connectivity index is 2.00. The van der Waals surface area contributed by atoms with Crippen molar-refractivity contribution in [1.29, 1.82) is 0 Å². The van der Waals surface area contributed by atoms with E-state index in [4.69, 9.17) is 4.74 Å². The summed E-state index contributed by atoms with van der Waals surface area (Å²) >= 11 is 0. The van der Waals surface area contributed by atoms with Gasteiger partial charge in [-0.1, -0.05) is 13.8 Å². The minimum atomic E-state index is 0.340. The number of anilines is 1. The highest BCUT2D eigenvalue weighted by Gasteiger charge is 2.19. The first kappa shape index (κ1) is 12.3. The zero-order valence-corrected chi connectivity index (χ0v) is 10.8. The van der Waals surface area contributed by atoms with Crippen LogP contribution in [0.3, 0.4) is 0 Å². The molecular formula is C13H21N3O. The monoisotopic (exact) mass is 235 g/mol. The number of ether oxygens (including phenoxy) is 1. The second kappa shape index (κ2) is 5.45. The molecule has 0 aromatic carbocycles. The molecule has 0 aliphatic carbocycles. The quantitative estimate of drug-likeness (QED) is 0.874. The van der Waals surface area contributed by atoms with Gasteiger partial charge < -0.3 is 10.1 Å². The third kappa shape index (κ3) is 3.40. The van der Waals surface area contributed by atoms with E-state index < -0.39 is 0 Å². The van der Waals surface area contributed by atoms with Crippen LogP contribution in [0.5, 0.6) is 0 Å². The highest BCUT2D eigenvalue weighted by molar-refractivity contribution is 5.36. The summed E-state index contributed by atoms with van der Waals surface area (Å²) in [6.07, 6.45) is 4.07. The van der Waals surface area contributed by atoms with Crippen molar-refractivity contribution in [1.82, 2.24) is 9.97 Å². The van der Waals surface area contributed by atoms with Crippen LogP contribution in [0.15, 0.2) is 12.4 Å². The minimum Gasteiger partial charge on any atom is -0.378 e. The minimum absolute atomic E-state index is 0.340. The largest absolute Gasteiger partial charge is 0.378 e. The molecule has 0 amide bonds. The van der Waals surface area contributed by atoms with Crippen molar-refractivity contribution in [2.75, 3.05) is 11.9 Å². The zero-order valence-electron chi connectivity index (χ0n) is 10.8. The van der Waals surface area contributed by atoms with E-state index in [1.165, 1.54) is 0 Å². The van der Waals surface area contributed by atoms with Crippen molar-refractivity contribution in [3.63, 3.8) is 0 Å². The Labute approximate surface area is 103 Å². The molecular weight excluding hydrogens is 214 g/mol. The molecule has 1 aromatic heterocycles. The van der Waals surface area contributed by atoms with Crippen molar-refractivity contribution >= 4 is 5.82 Å². The number of nitrogens with zero attached hydrogens (tertiary/aromatic N) is 2. The van der Waals surface area contributed by atoms with Gasteiger partial charge in [0.05, 0.1) is 6.10 Å². The van der Waals surface area contributed by atoms with Crippen LogP contribution in [0.1, 0.15) is 45.2 Å². The lowest BCUT2D eigenvalue weighted by Crippen LogP contribution is -2.32. The van der Waals surface area contributed by atoms with E-state index >= 15 is 0 Å². The summed E-state index contributed by atoms with van der Waals surface area (Å²) in [5.41, 5.74) is 1.09. The van der Waals surface area contributed by atoms with Gasteiger partial charge in [-0.2, -0.15) is 0 Å². The first-order chi connectivity index (χ1) is 8.15. The van der Waals surface area contributed by atoms with Gasteiger partial charge in [-0.05, 0) is 25.7 Å². The Morgan fingerprint density at radius 1 is 1.41 bits per heavy atom. The van der Waals surface area contributed by atoms with Crippen molar-refractivity contribution in [2.24, 2.45) is 0 Å². The average Bonchev–Trinajstić information content (AvgIpc) is 2.29. The molecule has 0 bridgehead atoms. The lowest BCUT2D eigenvalue weighted by molar-refractivity contribution is 0.0232. The van der Waals surface area contributed by atoms with Crippen LogP contribution in [0.4, 0.5) is 5.82 Å². The van der Waals surface area contributed by atoms with Gasteiger partial charge >= 0.3 is 0 Å². The molecule has 1 fully saturated rings. The topological polar surface area (TPSA) is 47.0 Å². The fourth-order valence-electron chi connectivity index (χ4n) is 2.11. The Bertz CT molecular complexity index is 367. The number of rotatable bonds is 3. The van der Waals surface area contributed by atoms with E-state index in [9.17, 15) is 0 Å². The first-order valence-electron chi connectivity index (χ1n) is 6.35. The summed E-state index contributed by atoms with van der Waals surface area (Å²) in [5.74, 6) is 1.37. The van der Waals surface area contributed by atoms with Crippen LogP contribution in [-0.4, -0.2) is 28.7 Å². The summed E-state index contributed by atoms with van der Waals surface area (Å²) < 4.78 is 5.53. The molecule has 2 atom stereocenters. The Kier molecular flexibility index (Phi) is 3.94. The fraction of sp³-hybridized carbons (Fsp3) is 0.692. The van der Waals surface area contributed by atoms with Gasteiger partial charge in [0.15, 0.2) is 0 Å². The molecule has 1 N–H and O–H groups in total.